The van der Waals surface area contributed by atoms with Gasteiger partial charge in [0.1, 0.15) is 0 Å². The van der Waals surface area contributed by atoms with Crippen LogP contribution >= 0.6 is 0 Å². The zero-order valence-electron chi connectivity index (χ0n) is 12.2. The largest absolute Gasteiger partial charge is 0.381 e. The highest BCUT2D eigenvalue weighted by molar-refractivity contribution is 5.83. The molecule has 2 fully saturated rings. The summed E-state index contributed by atoms with van der Waals surface area (Å²) in [6.45, 7) is 2.05. The molecular formula is C15H28N2O2. The van der Waals surface area contributed by atoms with Crippen molar-refractivity contribution >= 4 is 5.91 Å². The lowest BCUT2D eigenvalue weighted by molar-refractivity contribution is -0.145. The maximum atomic E-state index is 12.9. The first-order chi connectivity index (χ1) is 9.19. The number of carbonyl (C=O) groups excluding carboxylic acids is 1. The van der Waals surface area contributed by atoms with Gasteiger partial charge >= 0.3 is 0 Å². The molecule has 0 aromatic carbocycles. The van der Waals surface area contributed by atoms with E-state index in [-0.39, 0.29) is 11.3 Å². The topological polar surface area (TPSA) is 55.6 Å². The average Bonchev–Trinajstić information content (AvgIpc) is 2.73. The van der Waals surface area contributed by atoms with Crippen molar-refractivity contribution in [2.45, 2.75) is 57.4 Å². The Kier molecular flexibility index (Phi) is 5.22. The summed E-state index contributed by atoms with van der Waals surface area (Å²) in [6.07, 6.45) is 8.64. The van der Waals surface area contributed by atoms with Crippen molar-refractivity contribution in [3.63, 3.8) is 0 Å². The van der Waals surface area contributed by atoms with Gasteiger partial charge in [-0.15, -0.1) is 0 Å². The predicted octanol–water partition coefficient (Wildman–Crippen LogP) is 1.92. The molecule has 4 nitrogen and oxygen atoms in total. The smallest absolute Gasteiger partial charge is 0.230 e. The second kappa shape index (κ2) is 6.71. The maximum Gasteiger partial charge on any atom is 0.230 e. The van der Waals surface area contributed by atoms with E-state index in [4.69, 9.17) is 10.5 Å². The average molecular weight is 268 g/mol. The van der Waals surface area contributed by atoms with Crippen LogP contribution in [0.4, 0.5) is 0 Å². The molecule has 1 heterocycles. The SMILES string of the molecule is CN(C(=O)C1(CN)CCCCCC1)C1CCOCC1. The van der Waals surface area contributed by atoms with Crippen LogP contribution in [0.25, 0.3) is 0 Å². The fourth-order valence-electron chi connectivity index (χ4n) is 3.52. The highest BCUT2D eigenvalue weighted by Gasteiger charge is 2.40. The van der Waals surface area contributed by atoms with Gasteiger partial charge in [0.25, 0.3) is 0 Å². The molecule has 110 valence electrons. The van der Waals surface area contributed by atoms with Crippen molar-refractivity contribution in [2.24, 2.45) is 11.1 Å². The van der Waals surface area contributed by atoms with E-state index in [0.717, 1.165) is 51.7 Å². The molecule has 0 aromatic heterocycles. The number of amides is 1. The molecule has 2 rings (SSSR count). The third-order valence-corrected chi connectivity index (χ3v) is 4.96. The first-order valence-electron chi connectivity index (χ1n) is 7.75. The van der Waals surface area contributed by atoms with Crippen LogP contribution in [0.5, 0.6) is 0 Å². The monoisotopic (exact) mass is 268 g/mol. The van der Waals surface area contributed by atoms with E-state index in [1.54, 1.807) is 0 Å². The Morgan fingerprint density at radius 1 is 1.21 bits per heavy atom. The van der Waals surface area contributed by atoms with Crippen LogP contribution in [-0.2, 0) is 9.53 Å². The van der Waals surface area contributed by atoms with Gasteiger partial charge in [0, 0.05) is 32.8 Å². The summed E-state index contributed by atoms with van der Waals surface area (Å²) < 4.78 is 5.38. The van der Waals surface area contributed by atoms with Crippen molar-refractivity contribution in [3.05, 3.63) is 0 Å². The van der Waals surface area contributed by atoms with Gasteiger partial charge in [-0.25, -0.2) is 0 Å². The van der Waals surface area contributed by atoms with Gasteiger partial charge in [-0.05, 0) is 25.7 Å². The van der Waals surface area contributed by atoms with Crippen molar-refractivity contribution in [3.8, 4) is 0 Å². The van der Waals surface area contributed by atoms with E-state index in [0.29, 0.717) is 12.6 Å². The lowest BCUT2D eigenvalue weighted by atomic mass is 9.78. The normalized spacial score (nSPS) is 24.7. The molecule has 4 heteroatoms. The number of hydrogen-bond acceptors (Lipinski definition) is 3. The van der Waals surface area contributed by atoms with E-state index < -0.39 is 0 Å². The highest BCUT2D eigenvalue weighted by atomic mass is 16.5. The van der Waals surface area contributed by atoms with E-state index in [9.17, 15) is 4.79 Å². The predicted molar refractivity (Wildman–Crippen MR) is 75.8 cm³/mol. The first-order valence-corrected chi connectivity index (χ1v) is 7.75. The molecule has 0 bridgehead atoms. The molecule has 19 heavy (non-hydrogen) atoms. The fraction of sp³-hybridized carbons (Fsp3) is 0.933. The summed E-state index contributed by atoms with van der Waals surface area (Å²) in [5.41, 5.74) is 5.72. The standard InChI is InChI=1S/C15H28N2O2/c1-17(13-6-10-19-11-7-13)14(18)15(12-16)8-4-2-3-5-9-15/h13H,2-12,16H2,1H3. The summed E-state index contributed by atoms with van der Waals surface area (Å²) in [4.78, 5) is 14.9. The summed E-state index contributed by atoms with van der Waals surface area (Å²) in [7, 11) is 1.96. The number of nitrogens with zero attached hydrogens (tertiary/aromatic N) is 1. The molecule has 2 aliphatic rings. The Balaban J connectivity index is 2.05. The lowest BCUT2D eigenvalue weighted by Crippen LogP contribution is -2.51. The molecule has 1 aliphatic heterocycles. The van der Waals surface area contributed by atoms with E-state index in [1.165, 1.54) is 12.8 Å². The minimum Gasteiger partial charge on any atom is -0.381 e. The van der Waals surface area contributed by atoms with Gasteiger partial charge in [0.05, 0.1) is 5.41 Å². The Morgan fingerprint density at radius 2 is 1.79 bits per heavy atom. The molecule has 0 unspecified atom stereocenters. The van der Waals surface area contributed by atoms with Gasteiger partial charge in [-0.1, -0.05) is 25.7 Å². The maximum absolute atomic E-state index is 12.9. The summed E-state index contributed by atoms with van der Waals surface area (Å²) >= 11 is 0. The van der Waals surface area contributed by atoms with Crippen molar-refractivity contribution < 1.29 is 9.53 Å². The van der Waals surface area contributed by atoms with Crippen LogP contribution in [0.15, 0.2) is 0 Å². The van der Waals surface area contributed by atoms with Gasteiger partial charge in [-0.3, -0.25) is 4.79 Å². The summed E-state index contributed by atoms with van der Waals surface area (Å²) in [5.74, 6) is 0.281. The second-order valence-corrected chi connectivity index (χ2v) is 6.16. The fourth-order valence-corrected chi connectivity index (χ4v) is 3.52. The minimum atomic E-state index is -0.288. The van der Waals surface area contributed by atoms with E-state index >= 15 is 0 Å². The third-order valence-electron chi connectivity index (χ3n) is 4.96. The lowest BCUT2D eigenvalue weighted by Gasteiger charge is -2.39. The summed E-state index contributed by atoms with van der Waals surface area (Å²) in [5, 5.41) is 0. The number of nitrogens with two attached hydrogens (primary N) is 1. The zero-order valence-corrected chi connectivity index (χ0v) is 12.2. The van der Waals surface area contributed by atoms with Crippen LogP contribution in [0, 0.1) is 5.41 Å². The van der Waals surface area contributed by atoms with Crippen LogP contribution in [0.2, 0.25) is 0 Å². The number of hydrogen-bond donors (Lipinski definition) is 1. The molecule has 1 aliphatic carbocycles. The molecule has 1 amide bonds. The number of rotatable bonds is 3. The Bertz CT molecular complexity index is 293. The van der Waals surface area contributed by atoms with Crippen LogP contribution in [0.3, 0.4) is 0 Å². The molecular weight excluding hydrogens is 240 g/mol. The van der Waals surface area contributed by atoms with Gasteiger partial charge in [0.15, 0.2) is 0 Å². The van der Waals surface area contributed by atoms with Gasteiger partial charge in [-0.2, -0.15) is 0 Å². The molecule has 1 saturated carbocycles. The van der Waals surface area contributed by atoms with E-state index in [1.807, 2.05) is 11.9 Å². The Morgan fingerprint density at radius 3 is 2.32 bits per heavy atom. The van der Waals surface area contributed by atoms with Crippen molar-refractivity contribution in [1.29, 1.82) is 0 Å². The molecule has 1 saturated heterocycles. The minimum absolute atomic E-state index is 0.281. The molecule has 0 atom stereocenters. The molecule has 2 N–H and O–H groups in total. The van der Waals surface area contributed by atoms with Gasteiger partial charge < -0.3 is 15.4 Å². The Labute approximate surface area is 116 Å². The molecule has 0 aromatic rings. The Hall–Kier alpha value is -0.610. The van der Waals surface area contributed by atoms with Crippen LogP contribution < -0.4 is 5.73 Å². The zero-order chi connectivity index (χ0) is 13.7. The van der Waals surface area contributed by atoms with Gasteiger partial charge in [0.2, 0.25) is 5.91 Å². The van der Waals surface area contributed by atoms with Crippen LogP contribution in [0.1, 0.15) is 51.4 Å². The summed E-state index contributed by atoms with van der Waals surface area (Å²) in [6, 6.07) is 0.341. The third kappa shape index (κ3) is 3.29. The molecule has 0 spiro atoms. The van der Waals surface area contributed by atoms with E-state index in [2.05, 4.69) is 0 Å². The van der Waals surface area contributed by atoms with Crippen LogP contribution in [-0.4, -0.2) is 43.7 Å². The van der Waals surface area contributed by atoms with Crippen molar-refractivity contribution in [1.82, 2.24) is 4.90 Å². The number of carbonyl (C=O) groups is 1. The highest BCUT2D eigenvalue weighted by Crippen LogP contribution is 2.36. The quantitative estimate of drug-likeness (QED) is 0.796. The van der Waals surface area contributed by atoms with Crippen molar-refractivity contribution in [2.75, 3.05) is 26.8 Å². The number of ether oxygens (including phenoxy) is 1. The second-order valence-electron chi connectivity index (χ2n) is 6.16. The first kappa shape index (κ1) is 14.8. The molecule has 0 radical (unpaired) electrons.